The van der Waals surface area contributed by atoms with Crippen molar-refractivity contribution in [2.75, 3.05) is 31.8 Å². The van der Waals surface area contributed by atoms with Crippen molar-refractivity contribution < 1.29 is 19.0 Å². The Bertz CT molecular complexity index is 429. The highest BCUT2D eigenvalue weighted by atomic mass is 32.2. The number of aliphatic hydroxyl groups is 1. The molecule has 0 amide bonds. The smallest absolute Gasteiger partial charge is 0.340 e. The molecule has 0 aliphatic carbocycles. The molecule has 2 N–H and O–H groups in total. The maximum atomic E-state index is 13.6. The summed E-state index contributed by atoms with van der Waals surface area (Å²) < 4.78 is 18.1. The van der Waals surface area contributed by atoms with E-state index in [1.165, 1.54) is 19.2 Å². The molecule has 0 fully saturated rings. The van der Waals surface area contributed by atoms with Crippen LogP contribution in [0.1, 0.15) is 22.3 Å². The van der Waals surface area contributed by atoms with Crippen LogP contribution in [0, 0.1) is 5.82 Å². The third-order valence-corrected chi connectivity index (χ3v) is 3.71. The molecule has 0 bridgehead atoms. The first-order chi connectivity index (χ1) is 9.69. The summed E-state index contributed by atoms with van der Waals surface area (Å²) in [6, 6.07) is 4.49. The highest BCUT2D eigenvalue weighted by molar-refractivity contribution is 7.99. The zero-order valence-electron chi connectivity index (χ0n) is 11.5. The number of halogens is 1. The van der Waals surface area contributed by atoms with Gasteiger partial charge in [0.25, 0.3) is 0 Å². The normalized spacial score (nSPS) is 10.6. The molecule has 4 nitrogen and oxygen atoms in total. The Morgan fingerprint density at radius 2 is 2.25 bits per heavy atom. The number of carbonyl (C=O) groups excluding carboxylic acids is 1. The van der Waals surface area contributed by atoms with E-state index in [-0.39, 0.29) is 12.2 Å². The minimum absolute atomic E-state index is 0.0455. The van der Waals surface area contributed by atoms with Gasteiger partial charge in [0.2, 0.25) is 0 Å². The summed E-state index contributed by atoms with van der Waals surface area (Å²) in [5.74, 6) is 0.666. The molecule has 0 aromatic heterocycles. The molecule has 0 aliphatic heterocycles. The maximum absolute atomic E-state index is 13.6. The van der Waals surface area contributed by atoms with Crippen LogP contribution in [0.25, 0.3) is 0 Å². The zero-order chi connectivity index (χ0) is 14.8. The van der Waals surface area contributed by atoms with Crippen LogP contribution in [0.2, 0.25) is 0 Å². The van der Waals surface area contributed by atoms with Crippen molar-refractivity contribution in [3.63, 3.8) is 0 Å². The molecule has 20 heavy (non-hydrogen) atoms. The predicted octanol–water partition coefficient (Wildman–Crippen LogP) is 1.82. The number of ether oxygens (including phenoxy) is 1. The van der Waals surface area contributed by atoms with Gasteiger partial charge in [0, 0.05) is 25.4 Å². The summed E-state index contributed by atoms with van der Waals surface area (Å²) in [6.45, 7) is 1.60. The average Bonchev–Trinajstić information content (AvgIpc) is 2.45. The number of thioether (sulfide) groups is 1. The monoisotopic (exact) mass is 301 g/mol. The second kappa shape index (κ2) is 9.74. The molecule has 6 heteroatoms. The predicted molar refractivity (Wildman–Crippen MR) is 78.5 cm³/mol. The minimum Gasteiger partial charge on any atom is -0.465 e. The third kappa shape index (κ3) is 5.90. The van der Waals surface area contributed by atoms with Gasteiger partial charge in [0.1, 0.15) is 5.82 Å². The standard InChI is InChI=1S/C14H20FNO3S/c1-19-14(18)12-4-3-11(9-13(12)15)10-16-5-8-20-7-2-6-17/h3-4,9,16-17H,2,5-8,10H2,1H3. The van der Waals surface area contributed by atoms with E-state index >= 15 is 0 Å². The zero-order valence-corrected chi connectivity index (χ0v) is 12.3. The van der Waals surface area contributed by atoms with Gasteiger partial charge >= 0.3 is 5.97 Å². The van der Waals surface area contributed by atoms with Crippen LogP contribution in [-0.2, 0) is 11.3 Å². The molecule has 0 saturated heterocycles. The molecule has 0 atom stereocenters. The van der Waals surface area contributed by atoms with Gasteiger partial charge in [-0.05, 0) is 29.9 Å². The Morgan fingerprint density at radius 3 is 2.90 bits per heavy atom. The lowest BCUT2D eigenvalue weighted by Gasteiger charge is -2.07. The largest absolute Gasteiger partial charge is 0.465 e. The molecule has 0 saturated carbocycles. The van der Waals surface area contributed by atoms with E-state index in [0.29, 0.717) is 6.54 Å². The number of nitrogens with one attached hydrogen (secondary N) is 1. The Hall–Kier alpha value is -1.11. The molecule has 0 aliphatic rings. The summed E-state index contributed by atoms with van der Waals surface area (Å²) in [7, 11) is 1.23. The van der Waals surface area contributed by atoms with Crippen molar-refractivity contribution in [2.24, 2.45) is 0 Å². The molecule has 1 aromatic rings. The van der Waals surface area contributed by atoms with Crippen molar-refractivity contribution in [1.82, 2.24) is 5.32 Å². The summed E-state index contributed by atoms with van der Waals surface area (Å²) in [5, 5.41) is 11.8. The highest BCUT2D eigenvalue weighted by Crippen LogP contribution is 2.11. The van der Waals surface area contributed by atoms with Gasteiger partial charge in [0.15, 0.2) is 0 Å². The summed E-state index contributed by atoms with van der Waals surface area (Å²) in [4.78, 5) is 11.2. The summed E-state index contributed by atoms with van der Waals surface area (Å²) in [5.41, 5.74) is 0.742. The van der Waals surface area contributed by atoms with Gasteiger partial charge in [0.05, 0.1) is 12.7 Å². The van der Waals surface area contributed by atoms with E-state index in [2.05, 4.69) is 10.1 Å². The fourth-order valence-electron chi connectivity index (χ4n) is 1.59. The molecule has 0 spiro atoms. The number of rotatable bonds is 9. The van der Waals surface area contributed by atoms with Crippen LogP contribution in [-0.4, -0.2) is 42.8 Å². The molecule has 0 heterocycles. The molecule has 0 unspecified atom stereocenters. The van der Waals surface area contributed by atoms with E-state index in [1.54, 1.807) is 17.8 Å². The number of aliphatic hydroxyl groups excluding tert-OH is 1. The van der Waals surface area contributed by atoms with Crippen molar-refractivity contribution in [3.05, 3.63) is 35.1 Å². The van der Waals surface area contributed by atoms with Crippen LogP contribution in [0.15, 0.2) is 18.2 Å². The van der Waals surface area contributed by atoms with Gasteiger partial charge in [-0.25, -0.2) is 9.18 Å². The van der Waals surface area contributed by atoms with Crippen LogP contribution >= 0.6 is 11.8 Å². The molecule has 0 radical (unpaired) electrons. The third-order valence-electron chi connectivity index (χ3n) is 2.64. The van der Waals surface area contributed by atoms with E-state index < -0.39 is 11.8 Å². The Balaban J connectivity index is 2.31. The van der Waals surface area contributed by atoms with Gasteiger partial charge < -0.3 is 15.2 Å². The first-order valence-corrected chi connectivity index (χ1v) is 7.60. The number of benzene rings is 1. The molecular weight excluding hydrogens is 281 g/mol. The van der Waals surface area contributed by atoms with Crippen LogP contribution in [0.3, 0.4) is 0 Å². The van der Waals surface area contributed by atoms with Crippen molar-refractivity contribution in [2.45, 2.75) is 13.0 Å². The van der Waals surface area contributed by atoms with Crippen LogP contribution < -0.4 is 5.32 Å². The maximum Gasteiger partial charge on any atom is 0.340 e. The van der Waals surface area contributed by atoms with Gasteiger partial charge in [-0.15, -0.1) is 0 Å². The van der Waals surface area contributed by atoms with Gasteiger partial charge in [-0.3, -0.25) is 0 Å². The van der Waals surface area contributed by atoms with E-state index in [4.69, 9.17) is 5.11 Å². The van der Waals surface area contributed by atoms with Gasteiger partial charge in [-0.1, -0.05) is 6.07 Å². The Morgan fingerprint density at radius 1 is 1.45 bits per heavy atom. The number of hydrogen-bond donors (Lipinski definition) is 2. The van der Waals surface area contributed by atoms with E-state index in [0.717, 1.165) is 30.0 Å². The SMILES string of the molecule is COC(=O)c1ccc(CNCCSCCCO)cc1F. The average molecular weight is 301 g/mol. The number of methoxy groups -OCH3 is 1. The topological polar surface area (TPSA) is 58.6 Å². The van der Waals surface area contributed by atoms with Gasteiger partial charge in [-0.2, -0.15) is 11.8 Å². The molecule has 1 rings (SSSR count). The highest BCUT2D eigenvalue weighted by Gasteiger charge is 2.11. The molecular formula is C14H20FNO3S. The Labute approximate surface area is 122 Å². The minimum atomic E-state index is -0.665. The number of hydrogen-bond acceptors (Lipinski definition) is 5. The van der Waals surface area contributed by atoms with Crippen molar-refractivity contribution in [1.29, 1.82) is 0 Å². The second-order valence-corrected chi connectivity index (χ2v) is 5.40. The van der Waals surface area contributed by atoms with Crippen molar-refractivity contribution in [3.8, 4) is 0 Å². The van der Waals surface area contributed by atoms with E-state index in [1.807, 2.05) is 0 Å². The molecule has 112 valence electrons. The number of esters is 1. The first kappa shape index (κ1) is 16.9. The summed E-state index contributed by atoms with van der Waals surface area (Å²) >= 11 is 1.77. The quantitative estimate of drug-likeness (QED) is 0.538. The molecule has 1 aromatic carbocycles. The first-order valence-electron chi connectivity index (χ1n) is 6.45. The number of carbonyl (C=O) groups is 1. The van der Waals surface area contributed by atoms with Crippen molar-refractivity contribution >= 4 is 17.7 Å². The van der Waals surface area contributed by atoms with E-state index in [9.17, 15) is 9.18 Å². The summed E-state index contributed by atoms with van der Waals surface area (Å²) in [6.07, 6.45) is 0.810. The lowest BCUT2D eigenvalue weighted by Crippen LogP contribution is -2.17. The Kier molecular flexibility index (Phi) is 8.25. The van der Waals surface area contributed by atoms with Crippen LogP contribution in [0.4, 0.5) is 4.39 Å². The van der Waals surface area contributed by atoms with Crippen LogP contribution in [0.5, 0.6) is 0 Å². The second-order valence-electron chi connectivity index (χ2n) is 4.17. The lowest BCUT2D eigenvalue weighted by atomic mass is 10.1. The lowest BCUT2D eigenvalue weighted by molar-refractivity contribution is 0.0595. The fraction of sp³-hybridized carbons (Fsp3) is 0.500. The fourth-order valence-corrected chi connectivity index (χ4v) is 2.42.